The Kier molecular flexibility index (Phi) is 1.54. The Hall–Kier alpha value is -1.10. The summed E-state index contributed by atoms with van der Waals surface area (Å²) < 4.78 is 0. The molecule has 0 aromatic heterocycles. The number of hydrogen-bond donors (Lipinski definition) is 1. The second-order valence-corrected chi connectivity index (χ2v) is 3.14. The van der Waals surface area contributed by atoms with Crippen LogP contribution in [0.4, 0.5) is 0 Å². The van der Waals surface area contributed by atoms with Crippen molar-refractivity contribution in [1.82, 2.24) is 9.96 Å². The van der Waals surface area contributed by atoms with E-state index in [0.717, 1.165) is 6.42 Å². The van der Waals surface area contributed by atoms with Crippen LogP contribution in [0.25, 0.3) is 0 Å². The highest BCUT2D eigenvalue weighted by molar-refractivity contribution is 5.94. The molecule has 0 aliphatic carbocycles. The summed E-state index contributed by atoms with van der Waals surface area (Å²) in [4.78, 5) is 24.0. The highest BCUT2D eigenvalue weighted by Crippen LogP contribution is 2.22. The molecule has 2 fully saturated rings. The molecule has 2 rings (SSSR count). The normalized spacial score (nSPS) is 29.6. The molecule has 12 heavy (non-hydrogen) atoms. The van der Waals surface area contributed by atoms with Gasteiger partial charge >= 0.3 is 0 Å². The molecule has 0 aromatic rings. The van der Waals surface area contributed by atoms with Crippen LogP contribution in [0, 0.1) is 0 Å². The maximum absolute atomic E-state index is 11.2. The molecule has 0 spiro atoms. The van der Waals surface area contributed by atoms with Crippen molar-refractivity contribution in [1.29, 1.82) is 0 Å². The van der Waals surface area contributed by atoms with Crippen molar-refractivity contribution < 1.29 is 14.8 Å². The van der Waals surface area contributed by atoms with E-state index < -0.39 is 6.04 Å². The Labute approximate surface area is 69.5 Å². The Bertz CT molecular complexity index is 241. The fraction of sp³-hybridized carbons (Fsp3) is 0.714. The molecule has 0 aromatic carbocycles. The largest absolute Gasteiger partial charge is 0.329 e. The van der Waals surface area contributed by atoms with E-state index in [1.165, 1.54) is 0 Å². The molecule has 1 atom stereocenters. The highest BCUT2D eigenvalue weighted by atomic mass is 16.5. The van der Waals surface area contributed by atoms with Gasteiger partial charge in [0, 0.05) is 6.54 Å². The maximum Gasteiger partial charge on any atom is 0.269 e. The van der Waals surface area contributed by atoms with E-state index in [0.29, 0.717) is 18.0 Å². The fourth-order valence-electron chi connectivity index (χ4n) is 1.79. The topological polar surface area (TPSA) is 60.9 Å². The van der Waals surface area contributed by atoms with Crippen molar-refractivity contribution in [3.8, 4) is 0 Å². The number of carbonyl (C=O) groups excluding carboxylic acids is 2. The van der Waals surface area contributed by atoms with Crippen molar-refractivity contribution in [2.24, 2.45) is 0 Å². The number of rotatable bonds is 0. The zero-order valence-corrected chi connectivity index (χ0v) is 6.56. The third kappa shape index (κ3) is 0.896. The van der Waals surface area contributed by atoms with Gasteiger partial charge in [0.05, 0.1) is 0 Å². The van der Waals surface area contributed by atoms with E-state index in [1.54, 1.807) is 4.90 Å². The molecule has 0 radical (unpaired) electrons. The van der Waals surface area contributed by atoms with Gasteiger partial charge in [-0.2, -0.15) is 0 Å². The van der Waals surface area contributed by atoms with E-state index in [4.69, 9.17) is 5.21 Å². The summed E-state index contributed by atoms with van der Waals surface area (Å²) >= 11 is 0. The van der Waals surface area contributed by atoms with E-state index in [1.807, 2.05) is 0 Å². The monoisotopic (exact) mass is 170 g/mol. The number of fused-ring (bicyclic) bond motifs is 1. The molecule has 0 bridgehead atoms. The smallest absolute Gasteiger partial charge is 0.269 e. The molecule has 2 saturated heterocycles. The average Bonchev–Trinajstić information content (AvgIpc) is 2.48. The first-order valence-corrected chi connectivity index (χ1v) is 4.00. The summed E-state index contributed by atoms with van der Waals surface area (Å²) in [5.41, 5.74) is 0. The zero-order chi connectivity index (χ0) is 8.72. The second kappa shape index (κ2) is 2.45. The van der Waals surface area contributed by atoms with Crippen LogP contribution in [0.2, 0.25) is 0 Å². The summed E-state index contributed by atoms with van der Waals surface area (Å²) in [6.45, 7) is 0.471. The third-order valence-corrected chi connectivity index (χ3v) is 2.40. The fourth-order valence-corrected chi connectivity index (χ4v) is 1.79. The molecule has 5 heteroatoms. The summed E-state index contributed by atoms with van der Waals surface area (Å²) in [5.74, 6) is -0.494. The van der Waals surface area contributed by atoms with Crippen LogP contribution in [0.1, 0.15) is 12.8 Å². The Morgan fingerprint density at radius 1 is 1.42 bits per heavy atom. The van der Waals surface area contributed by atoms with Crippen molar-refractivity contribution in [3.05, 3.63) is 0 Å². The lowest BCUT2D eigenvalue weighted by Gasteiger charge is -2.32. The lowest BCUT2D eigenvalue weighted by atomic mass is 10.1. The van der Waals surface area contributed by atoms with Gasteiger partial charge in [0.25, 0.3) is 5.91 Å². The average molecular weight is 170 g/mol. The standard InChI is InChI=1S/C7H10N2O3/c10-6-4-9(12)7(11)5-2-1-3-8(5)6/h5,12H,1-4H2/t5-/m0/s1. The van der Waals surface area contributed by atoms with Crippen molar-refractivity contribution in [2.75, 3.05) is 13.1 Å². The molecule has 0 saturated carbocycles. The first kappa shape index (κ1) is 7.54. The van der Waals surface area contributed by atoms with Gasteiger partial charge in [-0.25, -0.2) is 5.06 Å². The molecule has 0 unspecified atom stereocenters. The number of carbonyl (C=O) groups is 2. The van der Waals surface area contributed by atoms with Gasteiger partial charge in [0.2, 0.25) is 5.91 Å². The summed E-state index contributed by atoms with van der Waals surface area (Å²) in [7, 11) is 0. The van der Waals surface area contributed by atoms with Crippen LogP contribution in [-0.2, 0) is 9.59 Å². The number of hydroxylamine groups is 2. The minimum absolute atomic E-state index is 0.153. The summed E-state index contributed by atoms with van der Waals surface area (Å²) in [5, 5.41) is 9.55. The van der Waals surface area contributed by atoms with Crippen LogP contribution in [0.5, 0.6) is 0 Å². The highest BCUT2D eigenvalue weighted by Gasteiger charge is 2.41. The summed E-state index contributed by atoms with van der Waals surface area (Å²) in [6.07, 6.45) is 1.54. The van der Waals surface area contributed by atoms with Crippen LogP contribution in [0.3, 0.4) is 0 Å². The molecule has 2 aliphatic heterocycles. The molecular weight excluding hydrogens is 160 g/mol. The van der Waals surface area contributed by atoms with Gasteiger partial charge < -0.3 is 4.90 Å². The Morgan fingerprint density at radius 2 is 2.17 bits per heavy atom. The van der Waals surface area contributed by atoms with E-state index >= 15 is 0 Å². The molecule has 5 nitrogen and oxygen atoms in total. The molecule has 2 heterocycles. The number of amides is 2. The predicted octanol–water partition coefficient (Wildman–Crippen LogP) is -0.791. The maximum atomic E-state index is 11.2. The lowest BCUT2D eigenvalue weighted by Crippen LogP contribution is -2.56. The molecule has 2 aliphatic rings. The van der Waals surface area contributed by atoms with Gasteiger partial charge in [-0.1, -0.05) is 0 Å². The first-order chi connectivity index (χ1) is 5.70. The number of hydrogen-bond acceptors (Lipinski definition) is 3. The van der Waals surface area contributed by atoms with Crippen LogP contribution in [-0.4, -0.2) is 46.1 Å². The first-order valence-electron chi connectivity index (χ1n) is 4.00. The van der Waals surface area contributed by atoms with Gasteiger partial charge in [0.15, 0.2) is 0 Å². The van der Waals surface area contributed by atoms with E-state index in [-0.39, 0.29) is 18.4 Å². The Balaban J connectivity index is 2.23. The lowest BCUT2D eigenvalue weighted by molar-refractivity contribution is -0.185. The van der Waals surface area contributed by atoms with Gasteiger partial charge in [-0.05, 0) is 12.8 Å². The van der Waals surface area contributed by atoms with Crippen molar-refractivity contribution in [2.45, 2.75) is 18.9 Å². The van der Waals surface area contributed by atoms with Crippen LogP contribution in [0.15, 0.2) is 0 Å². The van der Waals surface area contributed by atoms with E-state index in [2.05, 4.69) is 0 Å². The number of nitrogens with zero attached hydrogens (tertiary/aromatic N) is 2. The number of piperazine rings is 1. The van der Waals surface area contributed by atoms with Crippen molar-refractivity contribution >= 4 is 11.8 Å². The molecular formula is C7H10N2O3. The summed E-state index contributed by atoms with van der Waals surface area (Å²) in [6, 6.07) is -0.392. The predicted molar refractivity (Wildman–Crippen MR) is 38.2 cm³/mol. The Morgan fingerprint density at radius 3 is 2.92 bits per heavy atom. The van der Waals surface area contributed by atoms with Crippen LogP contribution >= 0.6 is 0 Å². The van der Waals surface area contributed by atoms with Gasteiger partial charge in [-0.15, -0.1) is 0 Å². The second-order valence-electron chi connectivity index (χ2n) is 3.14. The zero-order valence-electron chi connectivity index (χ0n) is 6.56. The van der Waals surface area contributed by atoms with Gasteiger partial charge in [0.1, 0.15) is 12.6 Å². The van der Waals surface area contributed by atoms with E-state index in [9.17, 15) is 9.59 Å². The quantitative estimate of drug-likeness (QED) is 0.484. The minimum Gasteiger partial charge on any atom is -0.329 e. The minimum atomic E-state index is -0.392. The van der Waals surface area contributed by atoms with Crippen LogP contribution < -0.4 is 0 Å². The van der Waals surface area contributed by atoms with Gasteiger partial charge in [-0.3, -0.25) is 14.8 Å². The molecule has 2 amide bonds. The molecule has 66 valence electrons. The molecule has 1 N–H and O–H groups in total. The third-order valence-electron chi connectivity index (χ3n) is 2.40. The van der Waals surface area contributed by atoms with Crippen molar-refractivity contribution in [3.63, 3.8) is 0 Å². The SMILES string of the molecule is O=C1[C@@H]2CCCN2C(=O)CN1O.